The number of thiophene rings is 1. The quantitative estimate of drug-likeness (QED) is 0.613. The Labute approximate surface area is 167 Å². The molecule has 0 spiro atoms. The number of carbonyl (C=O) groups is 1. The summed E-state index contributed by atoms with van der Waals surface area (Å²) in [7, 11) is 1.66. The van der Waals surface area contributed by atoms with Gasteiger partial charge in [-0.25, -0.2) is 0 Å². The number of nitrogens with zero attached hydrogens (tertiary/aromatic N) is 1. The first kappa shape index (κ1) is 24.6. The minimum Gasteiger partial charge on any atom is -0.383 e. The fourth-order valence-electron chi connectivity index (χ4n) is 2.88. The number of rotatable bonds is 9. The Morgan fingerprint density at radius 3 is 2.72 bits per heavy atom. The average molecular weight is 412 g/mol. The van der Waals surface area contributed by atoms with Crippen molar-refractivity contribution in [3.63, 3.8) is 0 Å². The van der Waals surface area contributed by atoms with E-state index in [2.05, 4.69) is 40.0 Å². The van der Waals surface area contributed by atoms with Gasteiger partial charge in [0.15, 0.2) is 0 Å². The normalized spacial score (nSPS) is 16.6. The molecule has 1 aromatic rings. The lowest BCUT2D eigenvalue weighted by Crippen LogP contribution is -2.43. The molecule has 0 radical (unpaired) electrons. The van der Waals surface area contributed by atoms with E-state index in [0.717, 1.165) is 19.0 Å². The Morgan fingerprint density at radius 1 is 1.40 bits per heavy atom. The van der Waals surface area contributed by atoms with Crippen LogP contribution >= 0.6 is 36.2 Å². The largest absolute Gasteiger partial charge is 0.383 e. The molecule has 1 aromatic heterocycles. The van der Waals surface area contributed by atoms with E-state index in [0.29, 0.717) is 32.3 Å². The number of nitrogens with one attached hydrogen (secondary N) is 2. The summed E-state index contributed by atoms with van der Waals surface area (Å²) in [4.78, 5) is 15.8. The van der Waals surface area contributed by atoms with E-state index in [9.17, 15) is 4.79 Å². The smallest absolute Gasteiger partial charge is 0.234 e. The molecule has 0 aliphatic carbocycles. The van der Waals surface area contributed by atoms with E-state index < -0.39 is 0 Å². The maximum atomic E-state index is 12.0. The van der Waals surface area contributed by atoms with Crippen molar-refractivity contribution in [1.29, 1.82) is 0 Å². The van der Waals surface area contributed by atoms with Crippen molar-refractivity contribution in [3.05, 3.63) is 22.4 Å². The first-order valence-electron chi connectivity index (χ1n) is 8.44. The number of likely N-dealkylation sites (tertiary alicyclic amines) is 1. The van der Waals surface area contributed by atoms with E-state index >= 15 is 0 Å². The second-order valence-corrected chi connectivity index (χ2v) is 7.20. The molecule has 1 aliphatic heterocycles. The SMILES string of the molecule is COCCNCC(=O)NCC(c1cccs1)N1CCC(C)CC1.Cl.Cl. The molecular formula is C17H31Cl2N3O2S. The summed E-state index contributed by atoms with van der Waals surface area (Å²) in [6, 6.07) is 4.56. The van der Waals surface area contributed by atoms with E-state index in [-0.39, 0.29) is 30.7 Å². The molecule has 1 fully saturated rings. The molecule has 1 aliphatic rings. The number of carbonyl (C=O) groups excluding carboxylic acids is 1. The highest BCUT2D eigenvalue weighted by molar-refractivity contribution is 7.10. The Balaban J connectivity index is 0.00000288. The van der Waals surface area contributed by atoms with Crippen LogP contribution in [0.25, 0.3) is 0 Å². The molecule has 1 amide bonds. The fourth-order valence-corrected chi connectivity index (χ4v) is 3.74. The van der Waals surface area contributed by atoms with Crippen molar-refractivity contribution < 1.29 is 9.53 Å². The third-order valence-electron chi connectivity index (χ3n) is 4.39. The molecule has 5 nitrogen and oxygen atoms in total. The van der Waals surface area contributed by atoms with E-state index in [1.807, 2.05) is 0 Å². The molecule has 0 bridgehead atoms. The molecule has 146 valence electrons. The maximum absolute atomic E-state index is 12.0. The van der Waals surface area contributed by atoms with Crippen LogP contribution in [0.3, 0.4) is 0 Å². The van der Waals surface area contributed by atoms with E-state index in [1.165, 1.54) is 17.7 Å². The Bertz CT molecular complexity index is 455. The lowest BCUT2D eigenvalue weighted by atomic mass is 9.97. The summed E-state index contributed by atoms with van der Waals surface area (Å²) in [6.45, 7) is 6.90. The van der Waals surface area contributed by atoms with Gasteiger partial charge in [-0.15, -0.1) is 36.2 Å². The molecule has 8 heteroatoms. The highest BCUT2D eigenvalue weighted by Crippen LogP contribution is 2.28. The predicted molar refractivity (Wildman–Crippen MR) is 109 cm³/mol. The van der Waals surface area contributed by atoms with Crippen LogP contribution in [-0.2, 0) is 9.53 Å². The number of hydrogen-bond acceptors (Lipinski definition) is 5. The van der Waals surface area contributed by atoms with Gasteiger partial charge in [-0.2, -0.15) is 0 Å². The van der Waals surface area contributed by atoms with Crippen molar-refractivity contribution in [2.24, 2.45) is 5.92 Å². The second kappa shape index (κ2) is 13.8. The first-order valence-corrected chi connectivity index (χ1v) is 9.32. The zero-order valence-electron chi connectivity index (χ0n) is 15.0. The molecule has 2 rings (SSSR count). The summed E-state index contributed by atoms with van der Waals surface area (Å²) in [5.74, 6) is 0.864. The van der Waals surface area contributed by atoms with Gasteiger partial charge in [-0.1, -0.05) is 13.0 Å². The molecular weight excluding hydrogens is 381 g/mol. The van der Waals surface area contributed by atoms with Crippen molar-refractivity contribution in [1.82, 2.24) is 15.5 Å². The van der Waals surface area contributed by atoms with Crippen molar-refractivity contribution in [2.75, 3.05) is 46.4 Å². The van der Waals surface area contributed by atoms with E-state index in [4.69, 9.17) is 4.74 Å². The lowest BCUT2D eigenvalue weighted by Gasteiger charge is -2.36. The van der Waals surface area contributed by atoms with Crippen LogP contribution in [0.15, 0.2) is 17.5 Å². The van der Waals surface area contributed by atoms with Gasteiger partial charge in [-0.3, -0.25) is 9.69 Å². The number of halogens is 2. The van der Waals surface area contributed by atoms with Gasteiger partial charge in [0.2, 0.25) is 5.91 Å². The minimum atomic E-state index is 0. The molecule has 2 N–H and O–H groups in total. The van der Waals surface area contributed by atoms with Gasteiger partial charge in [0.1, 0.15) is 0 Å². The molecule has 1 unspecified atom stereocenters. The van der Waals surface area contributed by atoms with E-state index in [1.54, 1.807) is 18.4 Å². The zero-order valence-corrected chi connectivity index (χ0v) is 17.5. The van der Waals surface area contributed by atoms with Gasteiger partial charge in [-0.05, 0) is 43.3 Å². The highest BCUT2D eigenvalue weighted by atomic mass is 35.5. The Hall–Kier alpha value is -0.370. The molecule has 2 heterocycles. The van der Waals surface area contributed by atoms with Gasteiger partial charge >= 0.3 is 0 Å². The minimum absolute atomic E-state index is 0. The molecule has 0 aromatic carbocycles. The van der Waals surface area contributed by atoms with Crippen LogP contribution in [0.5, 0.6) is 0 Å². The number of amides is 1. The van der Waals surface area contributed by atoms with Crippen LogP contribution < -0.4 is 10.6 Å². The number of piperidine rings is 1. The summed E-state index contributed by atoms with van der Waals surface area (Å²) in [5.41, 5.74) is 0. The number of hydrogen-bond donors (Lipinski definition) is 2. The van der Waals surface area contributed by atoms with Crippen molar-refractivity contribution >= 4 is 42.1 Å². The number of methoxy groups -OCH3 is 1. The van der Waals surface area contributed by atoms with Crippen LogP contribution in [0.4, 0.5) is 0 Å². The van der Waals surface area contributed by atoms with Crippen molar-refractivity contribution in [3.8, 4) is 0 Å². The Kier molecular flexibility index (Phi) is 13.6. The van der Waals surface area contributed by atoms with Crippen molar-refractivity contribution in [2.45, 2.75) is 25.8 Å². The van der Waals surface area contributed by atoms with Crippen LogP contribution in [0.1, 0.15) is 30.7 Å². The van der Waals surface area contributed by atoms with Gasteiger partial charge < -0.3 is 15.4 Å². The molecule has 0 saturated carbocycles. The monoisotopic (exact) mass is 411 g/mol. The Morgan fingerprint density at radius 2 is 2.12 bits per heavy atom. The molecule has 1 saturated heterocycles. The zero-order chi connectivity index (χ0) is 16.5. The van der Waals surface area contributed by atoms with Gasteiger partial charge in [0.25, 0.3) is 0 Å². The summed E-state index contributed by atoms with van der Waals surface area (Å²) in [5, 5.41) is 8.28. The van der Waals surface area contributed by atoms with Gasteiger partial charge in [0, 0.05) is 25.1 Å². The average Bonchev–Trinajstić information content (AvgIpc) is 3.08. The number of ether oxygens (including phenoxy) is 1. The summed E-state index contributed by atoms with van der Waals surface area (Å²) >= 11 is 1.78. The highest BCUT2D eigenvalue weighted by Gasteiger charge is 2.25. The third-order valence-corrected chi connectivity index (χ3v) is 5.37. The molecule has 1 atom stereocenters. The lowest BCUT2D eigenvalue weighted by molar-refractivity contribution is -0.120. The molecule has 25 heavy (non-hydrogen) atoms. The topological polar surface area (TPSA) is 53.6 Å². The fraction of sp³-hybridized carbons (Fsp3) is 0.706. The van der Waals surface area contributed by atoms with Crippen LogP contribution in [0.2, 0.25) is 0 Å². The standard InChI is InChI=1S/C17H29N3O2S.2ClH/c1-14-5-8-20(9-6-14)15(16-4-3-11-23-16)12-19-17(21)13-18-7-10-22-2;;/h3-4,11,14-15,18H,5-10,12-13H2,1-2H3,(H,19,21);2*1H. The first-order chi connectivity index (χ1) is 11.2. The predicted octanol–water partition coefficient (Wildman–Crippen LogP) is 2.72. The summed E-state index contributed by atoms with van der Waals surface area (Å²) < 4.78 is 4.96. The van der Waals surface area contributed by atoms with Crippen LogP contribution in [0, 0.1) is 5.92 Å². The third kappa shape index (κ3) is 8.71. The summed E-state index contributed by atoms with van der Waals surface area (Å²) in [6.07, 6.45) is 2.49. The van der Waals surface area contributed by atoms with Crippen LogP contribution in [-0.4, -0.2) is 57.2 Å². The maximum Gasteiger partial charge on any atom is 0.234 e. The second-order valence-electron chi connectivity index (χ2n) is 6.22. The van der Waals surface area contributed by atoms with Gasteiger partial charge in [0.05, 0.1) is 19.2 Å².